The van der Waals surface area contributed by atoms with E-state index in [4.69, 9.17) is 9.47 Å². The number of methoxy groups -OCH3 is 1. The first-order valence-electron chi connectivity index (χ1n) is 9.73. The number of halogens is 1. The van der Waals surface area contributed by atoms with Gasteiger partial charge in [0.15, 0.2) is 5.96 Å². The number of nitrogens with one attached hydrogen (secondary N) is 2. The van der Waals surface area contributed by atoms with Crippen molar-refractivity contribution in [3.63, 3.8) is 0 Å². The Hall–Kier alpha value is -1.26. The molecule has 0 radical (unpaired) electrons. The van der Waals surface area contributed by atoms with Crippen LogP contribution in [0.4, 0.5) is 0 Å². The highest BCUT2D eigenvalue weighted by molar-refractivity contribution is 14.0. The van der Waals surface area contributed by atoms with Gasteiger partial charge in [0.05, 0.1) is 13.7 Å². The molecule has 0 aromatic heterocycles. The number of rotatable bonds is 8. The van der Waals surface area contributed by atoms with E-state index in [1.165, 1.54) is 0 Å². The van der Waals surface area contributed by atoms with Crippen LogP contribution in [0.25, 0.3) is 0 Å². The fourth-order valence-corrected chi connectivity index (χ4v) is 3.04. The molecule has 1 saturated heterocycles. The Bertz CT molecular complexity index is 602. The molecule has 2 atom stereocenters. The van der Waals surface area contributed by atoms with Gasteiger partial charge in [0.1, 0.15) is 17.6 Å². The van der Waals surface area contributed by atoms with Gasteiger partial charge in [-0.25, -0.2) is 4.99 Å². The van der Waals surface area contributed by atoms with Crippen LogP contribution in [-0.2, 0) is 0 Å². The number of hydrogen-bond acceptors (Lipinski definition) is 5. The van der Waals surface area contributed by atoms with Crippen molar-refractivity contribution in [1.82, 2.24) is 20.4 Å². The molecule has 0 bridgehead atoms. The summed E-state index contributed by atoms with van der Waals surface area (Å²) in [5.74, 6) is 2.42. The highest BCUT2D eigenvalue weighted by atomic mass is 127. The van der Waals surface area contributed by atoms with Gasteiger partial charge in [-0.05, 0) is 40.1 Å². The van der Waals surface area contributed by atoms with Gasteiger partial charge in [0.25, 0.3) is 0 Å². The summed E-state index contributed by atoms with van der Waals surface area (Å²) in [6.07, 6.45) is -0.0314. The van der Waals surface area contributed by atoms with E-state index in [2.05, 4.69) is 46.4 Å². The first-order valence-corrected chi connectivity index (χ1v) is 9.73. The maximum atomic E-state index is 5.95. The number of benzene rings is 1. The summed E-state index contributed by atoms with van der Waals surface area (Å²) in [6, 6.07) is 8.13. The maximum absolute atomic E-state index is 5.95. The van der Waals surface area contributed by atoms with Crippen LogP contribution in [0.5, 0.6) is 11.5 Å². The molecule has 2 unspecified atom stereocenters. The van der Waals surface area contributed by atoms with E-state index in [0.717, 1.165) is 50.2 Å². The van der Waals surface area contributed by atoms with Gasteiger partial charge in [0.2, 0.25) is 0 Å². The molecule has 2 N–H and O–H groups in total. The third kappa shape index (κ3) is 8.40. The maximum Gasteiger partial charge on any atom is 0.191 e. The topological polar surface area (TPSA) is 61.4 Å². The Kier molecular flexibility index (Phi) is 11.6. The molecule has 1 aliphatic rings. The lowest BCUT2D eigenvalue weighted by atomic mass is 10.2. The van der Waals surface area contributed by atoms with E-state index in [-0.39, 0.29) is 30.1 Å². The minimum atomic E-state index is -0.0314. The summed E-state index contributed by atoms with van der Waals surface area (Å²) >= 11 is 0. The number of piperazine rings is 1. The predicted octanol–water partition coefficient (Wildman–Crippen LogP) is 1.88. The van der Waals surface area contributed by atoms with Gasteiger partial charge >= 0.3 is 0 Å². The molecule has 1 aromatic rings. The second kappa shape index (κ2) is 13.1. The Morgan fingerprint density at radius 1 is 1.25 bits per heavy atom. The lowest BCUT2D eigenvalue weighted by molar-refractivity contribution is 0.116. The zero-order valence-corrected chi connectivity index (χ0v) is 20.1. The van der Waals surface area contributed by atoms with Crippen LogP contribution >= 0.6 is 24.0 Å². The number of ether oxygens (including phenoxy) is 2. The minimum Gasteiger partial charge on any atom is -0.497 e. The number of nitrogens with zero attached hydrogens (tertiary/aromatic N) is 3. The molecule has 0 aliphatic carbocycles. The molecule has 0 amide bonds. The molecule has 8 heteroatoms. The first kappa shape index (κ1) is 24.8. The second-order valence-electron chi connectivity index (χ2n) is 7.10. The summed E-state index contributed by atoms with van der Waals surface area (Å²) in [7, 11) is 6.02. The quantitative estimate of drug-likeness (QED) is 0.320. The molecule has 2 rings (SSSR count). The van der Waals surface area contributed by atoms with E-state index < -0.39 is 0 Å². The van der Waals surface area contributed by atoms with Crippen molar-refractivity contribution < 1.29 is 9.47 Å². The normalized spacial score (nSPS) is 19.5. The van der Waals surface area contributed by atoms with Gasteiger partial charge in [-0.15, -0.1) is 24.0 Å². The van der Waals surface area contributed by atoms with Crippen LogP contribution in [0, 0.1) is 0 Å². The van der Waals surface area contributed by atoms with Crippen molar-refractivity contribution in [2.24, 2.45) is 4.99 Å². The summed E-state index contributed by atoms with van der Waals surface area (Å²) in [5.41, 5.74) is 0. The molecule has 0 spiro atoms. The molecule has 1 aliphatic heterocycles. The third-order valence-electron chi connectivity index (χ3n) is 4.71. The number of aliphatic imine (C=N–C) groups is 1. The highest BCUT2D eigenvalue weighted by Gasteiger charge is 2.22. The Labute approximate surface area is 186 Å². The highest BCUT2D eigenvalue weighted by Crippen LogP contribution is 2.19. The van der Waals surface area contributed by atoms with Gasteiger partial charge in [-0.1, -0.05) is 6.07 Å². The van der Waals surface area contributed by atoms with Crippen LogP contribution in [0.3, 0.4) is 0 Å². The average Bonchev–Trinajstić information content (AvgIpc) is 2.66. The van der Waals surface area contributed by atoms with Gasteiger partial charge in [-0.2, -0.15) is 0 Å². The summed E-state index contributed by atoms with van der Waals surface area (Å²) < 4.78 is 11.2. The van der Waals surface area contributed by atoms with Crippen molar-refractivity contribution in [3.8, 4) is 11.5 Å². The Balaban J connectivity index is 0.00000392. The van der Waals surface area contributed by atoms with Crippen molar-refractivity contribution in [2.45, 2.75) is 26.0 Å². The molecule has 160 valence electrons. The van der Waals surface area contributed by atoms with E-state index in [1.807, 2.05) is 31.2 Å². The molecule has 7 nitrogen and oxygen atoms in total. The lowest BCUT2D eigenvalue weighted by Gasteiger charge is -2.37. The van der Waals surface area contributed by atoms with Crippen LogP contribution in [0.15, 0.2) is 29.3 Å². The number of hydrogen-bond donors (Lipinski definition) is 2. The fraction of sp³-hybridized carbons (Fsp3) is 0.650. The third-order valence-corrected chi connectivity index (χ3v) is 4.71. The van der Waals surface area contributed by atoms with Crippen LogP contribution in [0.1, 0.15) is 13.8 Å². The van der Waals surface area contributed by atoms with E-state index >= 15 is 0 Å². The molecular weight excluding hydrogens is 469 g/mol. The number of guanidine groups is 1. The SMILES string of the molecule is CCNC(=NCC(C)Oc1cccc(OC)c1)NCC1CN(C)CCN1C.I. The Morgan fingerprint density at radius 2 is 2.00 bits per heavy atom. The van der Waals surface area contributed by atoms with Crippen LogP contribution < -0.4 is 20.1 Å². The molecule has 28 heavy (non-hydrogen) atoms. The standard InChI is InChI=1S/C20H35N5O2.HI/c1-6-21-20(23-14-17-15-24(3)10-11-25(17)4)22-13-16(2)27-19-9-7-8-18(12-19)26-5;/h7-9,12,16-17H,6,10-11,13-15H2,1-5H3,(H2,21,22,23);1H. The summed E-state index contributed by atoms with van der Waals surface area (Å²) in [4.78, 5) is 9.47. The monoisotopic (exact) mass is 505 g/mol. The smallest absolute Gasteiger partial charge is 0.191 e. The van der Waals surface area contributed by atoms with E-state index in [9.17, 15) is 0 Å². The van der Waals surface area contributed by atoms with Crippen molar-refractivity contribution >= 4 is 29.9 Å². The first-order chi connectivity index (χ1) is 13.0. The van der Waals surface area contributed by atoms with Crippen molar-refractivity contribution in [2.75, 3.05) is 60.5 Å². The average molecular weight is 505 g/mol. The minimum absolute atomic E-state index is 0. The van der Waals surface area contributed by atoms with E-state index in [0.29, 0.717) is 12.6 Å². The largest absolute Gasteiger partial charge is 0.497 e. The van der Waals surface area contributed by atoms with Gasteiger partial charge in [0, 0.05) is 44.8 Å². The second-order valence-corrected chi connectivity index (χ2v) is 7.10. The Morgan fingerprint density at radius 3 is 2.71 bits per heavy atom. The van der Waals surface area contributed by atoms with E-state index in [1.54, 1.807) is 7.11 Å². The molecular formula is C20H36IN5O2. The fourth-order valence-electron chi connectivity index (χ4n) is 3.04. The molecule has 1 fully saturated rings. The molecule has 1 aromatic carbocycles. The summed E-state index contributed by atoms with van der Waals surface area (Å²) in [6.45, 7) is 9.67. The van der Waals surface area contributed by atoms with Gasteiger partial charge in [-0.3, -0.25) is 4.90 Å². The summed E-state index contributed by atoms with van der Waals surface area (Å²) in [5, 5.41) is 6.79. The van der Waals surface area contributed by atoms with Crippen molar-refractivity contribution in [3.05, 3.63) is 24.3 Å². The van der Waals surface area contributed by atoms with Crippen LogP contribution in [0.2, 0.25) is 0 Å². The molecule has 1 heterocycles. The molecule has 0 saturated carbocycles. The zero-order chi connectivity index (χ0) is 19.6. The predicted molar refractivity (Wildman–Crippen MR) is 126 cm³/mol. The van der Waals surface area contributed by atoms with Crippen molar-refractivity contribution in [1.29, 1.82) is 0 Å². The zero-order valence-electron chi connectivity index (χ0n) is 17.8. The van der Waals surface area contributed by atoms with Gasteiger partial charge < -0.3 is 25.0 Å². The number of likely N-dealkylation sites (N-methyl/N-ethyl adjacent to an activating group) is 2. The lowest BCUT2D eigenvalue weighted by Crippen LogP contribution is -2.55. The van der Waals surface area contributed by atoms with Crippen LogP contribution in [-0.4, -0.2) is 88.4 Å².